The fourth-order valence-electron chi connectivity index (χ4n) is 1.50. The lowest BCUT2D eigenvalue weighted by Crippen LogP contribution is -2.30. The van der Waals surface area contributed by atoms with Crippen molar-refractivity contribution < 1.29 is 14.3 Å². The molecule has 0 aliphatic carbocycles. The van der Waals surface area contributed by atoms with Gasteiger partial charge in [-0.2, -0.15) is 0 Å². The molecule has 2 N–H and O–H groups in total. The van der Waals surface area contributed by atoms with Crippen LogP contribution < -0.4 is 15.4 Å². The quantitative estimate of drug-likeness (QED) is 0.763. The summed E-state index contributed by atoms with van der Waals surface area (Å²) in [5, 5.41) is 5.51. The third-order valence-electron chi connectivity index (χ3n) is 2.41. The number of hydrogen-bond donors (Lipinski definition) is 2. The summed E-state index contributed by atoms with van der Waals surface area (Å²) in [7, 11) is 3.21. The molecule has 0 spiro atoms. The molecule has 0 atom stereocenters. The van der Waals surface area contributed by atoms with E-state index >= 15 is 0 Å². The predicted molar refractivity (Wildman–Crippen MR) is 71.2 cm³/mol. The third kappa shape index (κ3) is 4.63. The van der Waals surface area contributed by atoms with Crippen LogP contribution in [0.25, 0.3) is 0 Å². The van der Waals surface area contributed by atoms with Gasteiger partial charge in [-0.15, -0.1) is 0 Å². The van der Waals surface area contributed by atoms with Crippen molar-refractivity contribution in [2.75, 3.05) is 32.7 Å². The number of aryl methyl sites for hydroxylation is 1. The van der Waals surface area contributed by atoms with Crippen molar-refractivity contribution in [3.05, 3.63) is 23.8 Å². The molecular formula is C13H20N2O3. The summed E-state index contributed by atoms with van der Waals surface area (Å²) in [5.41, 5.74) is 1.73. The molecule has 0 saturated carbocycles. The summed E-state index contributed by atoms with van der Waals surface area (Å²) < 4.78 is 10.1. The zero-order chi connectivity index (χ0) is 13.4. The summed E-state index contributed by atoms with van der Waals surface area (Å²) in [5.74, 6) is 0.646. The molecule has 0 aliphatic rings. The maximum Gasteiger partial charge on any atom is 0.319 e. The molecule has 0 fully saturated rings. The minimum Gasteiger partial charge on any atom is -0.495 e. The number of ether oxygens (including phenoxy) is 2. The largest absolute Gasteiger partial charge is 0.495 e. The summed E-state index contributed by atoms with van der Waals surface area (Å²) >= 11 is 0. The van der Waals surface area contributed by atoms with Gasteiger partial charge in [0.15, 0.2) is 0 Å². The average molecular weight is 252 g/mol. The first-order valence-corrected chi connectivity index (χ1v) is 5.86. The van der Waals surface area contributed by atoms with Gasteiger partial charge < -0.3 is 20.1 Å². The first-order chi connectivity index (χ1) is 8.67. The van der Waals surface area contributed by atoms with E-state index in [-0.39, 0.29) is 6.03 Å². The van der Waals surface area contributed by atoms with Gasteiger partial charge in [0, 0.05) is 20.3 Å². The Kier molecular flexibility index (Phi) is 6.00. The Morgan fingerprint density at radius 2 is 2.11 bits per heavy atom. The van der Waals surface area contributed by atoms with E-state index in [1.807, 2.05) is 25.1 Å². The van der Waals surface area contributed by atoms with Crippen LogP contribution in [0.2, 0.25) is 0 Å². The molecule has 18 heavy (non-hydrogen) atoms. The summed E-state index contributed by atoms with van der Waals surface area (Å²) in [6.07, 6.45) is 0.787. The van der Waals surface area contributed by atoms with Gasteiger partial charge in [0.1, 0.15) is 5.75 Å². The topological polar surface area (TPSA) is 59.6 Å². The third-order valence-corrected chi connectivity index (χ3v) is 2.41. The van der Waals surface area contributed by atoms with Crippen molar-refractivity contribution in [2.24, 2.45) is 0 Å². The Balaban J connectivity index is 2.50. The van der Waals surface area contributed by atoms with Crippen LogP contribution in [0.5, 0.6) is 5.75 Å². The Bertz CT molecular complexity index is 394. The van der Waals surface area contributed by atoms with Crippen LogP contribution in [-0.2, 0) is 4.74 Å². The normalized spacial score (nSPS) is 9.94. The molecule has 1 aromatic carbocycles. The lowest BCUT2D eigenvalue weighted by Gasteiger charge is -2.11. The van der Waals surface area contributed by atoms with Crippen molar-refractivity contribution in [3.8, 4) is 5.75 Å². The van der Waals surface area contributed by atoms with Gasteiger partial charge in [0.05, 0.1) is 12.8 Å². The number of benzene rings is 1. The summed E-state index contributed by atoms with van der Waals surface area (Å²) in [6, 6.07) is 5.39. The number of nitrogens with one attached hydrogen (secondary N) is 2. The molecule has 5 heteroatoms. The second-order valence-corrected chi connectivity index (χ2v) is 3.93. The fraction of sp³-hybridized carbons (Fsp3) is 0.462. The van der Waals surface area contributed by atoms with E-state index in [0.717, 1.165) is 12.0 Å². The molecule has 100 valence electrons. The SMILES string of the molecule is COCCCNC(=O)Nc1cc(C)ccc1OC. The summed E-state index contributed by atoms with van der Waals surface area (Å²) in [4.78, 5) is 11.6. The van der Waals surface area contributed by atoms with Gasteiger partial charge >= 0.3 is 6.03 Å². The minimum absolute atomic E-state index is 0.241. The Labute approximate surface area is 107 Å². The number of anilines is 1. The lowest BCUT2D eigenvalue weighted by atomic mass is 10.2. The summed E-state index contributed by atoms with van der Waals surface area (Å²) in [6.45, 7) is 3.17. The van der Waals surface area contributed by atoms with Crippen LogP contribution in [0, 0.1) is 6.92 Å². The standard InChI is InChI=1S/C13H20N2O3/c1-10-5-6-12(18-3)11(9-10)15-13(16)14-7-4-8-17-2/h5-6,9H,4,7-8H2,1-3H3,(H2,14,15,16). The number of rotatable bonds is 6. The van der Waals surface area contributed by atoms with E-state index < -0.39 is 0 Å². The number of methoxy groups -OCH3 is 2. The molecule has 0 radical (unpaired) electrons. The highest BCUT2D eigenvalue weighted by atomic mass is 16.5. The van der Waals surface area contributed by atoms with Crippen LogP contribution in [0.3, 0.4) is 0 Å². The van der Waals surface area contributed by atoms with Gasteiger partial charge in [0.2, 0.25) is 0 Å². The molecule has 0 saturated heterocycles. The van der Waals surface area contributed by atoms with Crippen LogP contribution in [0.15, 0.2) is 18.2 Å². The van der Waals surface area contributed by atoms with Crippen molar-refractivity contribution in [1.82, 2.24) is 5.32 Å². The molecule has 0 bridgehead atoms. The second kappa shape index (κ2) is 7.55. The highest BCUT2D eigenvalue weighted by Gasteiger charge is 2.06. The molecule has 2 amide bonds. The van der Waals surface area contributed by atoms with Gasteiger partial charge in [-0.05, 0) is 31.0 Å². The van der Waals surface area contributed by atoms with Crippen LogP contribution in [0.4, 0.5) is 10.5 Å². The molecule has 5 nitrogen and oxygen atoms in total. The second-order valence-electron chi connectivity index (χ2n) is 3.93. The highest BCUT2D eigenvalue weighted by Crippen LogP contribution is 2.24. The van der Waals surface area contributed by atoms with E-state index in [9.17, 15) is 4.79 Å². The van der Waals surface area contributed by atoms with Gasteiger partial charge in [-0.25, -0.2) is 4.79 Å². The molecule has 0 heterocycles. The van der Waals surface area contributed by atoms with E-state index in [1.54, 1.807) is 14.2 Å². The highest BCUT2D eigenvalue weighted by molar-refractivity contribution is 5.91. The van der Waals surface area contributed by atoms with E-state index in [1.165, 1.54) is 0 Å². The van der Waals surface area contributed by atoms with Gasteiger partial charge in [-0.3, -0.25) is 0 Å². The lowest BCUT2D eigenvalue weighted by molar-refractivity contribution is 0.194. The molecule has 1 aromatic rings. The first-order valence-electron chi connectivity index (χ1n) is 5.86. The van der Waals surface area contributed by atoms with E-state index in [4.69, 9.17) is 9.47 Å². The average Bonchev–Trinajstić information content (AvgIpc) is 2.35. The van der Waals surface area contributed by atoms with Gasteiger partial charge in [0.25, 0.3) is 0 Å². The fourth-order valence-corrected chi connectivity index (χ4v) is 1.50. The Hall–Kier alpha value is -1.75. The van der Waals surface area contributed by atoms with Crippen molar-refractivity contribution in [2.45, 2.75) is 13.3 Å². The van der Waals surface area contributed by atoms with Gasteiger partial charge in [-0.1, -0.05) is 6.07 Å². The molecular weight excluding hydrogens is 232 g/mol. The number of carbonyl (C=O) groups excluding carboxylic acids is 1. The van der Waals surface area contributed by atoms with Crippen LogP contribution >= 0.6 is 0 Å². The number of hydrogen-bond acceptors (Lipinski definition) is 3. The maximum absolute atomic E-state index is 11.6. The molecule has 1 rings (SSSR count). The van der Waals surface area contributed by atoms with E-state index in [0.29, 0.717) is 24.6 Å². The zero-order valence-electron chi connectivity index (χ0n) is 11.1. The molecule has 0 aromatic heterocycles. The Morgan fingerprint density at radius 1 is 1.33 bits per heavy atom. The van der Waals surface area contributed by atoms with Crippen molar-refractivity contribution >= 4 is 11.7 Å². The monoisotopic (exact) mass is 252 g/mol. The van der Waals surface area contributed by atoms with Crippen LogP contribution in [-0.4, -0.2) is 33.4 Å². The smallest absolute Gasteiger partial charge is 0.319 e. The molecule has 0 unspecified atom stereocenters. The number of urea groups is 1. The number of carbonyl (C=O) groups is 1. The first kappa shape index (κ1) is 14.3. The Morgan fingerprint density at radius 3 is 2.78 bits per heavy atom. The molecule has 0 aliphatic heterocycles. The maximum atomic E-state index is 11.6. The van der Waals surface area contributed by atoms with E-state index in [2.05, 4.69) is 10.6 Å². The minimum atomic E-state index is -0.241. The zero-order valence-corrected chi connectivity index (χ0v) is 11.1. The van der Waals surface area contributed by atoms with Crippen molar-refractivity contribution in [1.29, 1.82) is 0 Å². The van der Waals surface area contributed by atoms with Crippen molar-refractivity contribution in [3.63, 3.8) is 0 Å². The van der Waals surface area contributed by atoms with Crippen LogP contribution in [0.1, 0.15) is 12.0 Å². The number of amides is 2. The predicted octanol–water partition coefficient (Wildman–Crippen LogP) is 2.16.